The third-order valence-corrected chi connectivity index (χ3v) is 5.36. The Morgan fingerprint density at radius 2 is 2.35 bits per heavy atom. The summed E-state index contributed by atoms with van der Waals surface area (Å²) in [5.74, 6) is 0. The molecule has 2 heterocycles. The number of aromatic nitrogens is 1. The van der Waals surface area contributed by atoms with E-state index in [9.17, 15) is 8.42 Å². The van der Waals surface area contributed by atoms with E-state index >= 15 is 0 Å². The van der Waals surface area contributed by atoms with Gasteiger partial charge in [-0.15, -0.1) is 0 Å². The van der Waals surface area contributed by atoms with Gasteiger partial charge in [0.25, 0.3) is 0 Å². The Morgan fingerprint density at radius 1 is 1.55 bits per heavy atom. The van der Waals surface area contributed by atoms with Gasteiger partial charge in [0.2, 0.25) is 10.0 Å². The average molecular weight is 299 g/mol. The van der Waals surface area contributed by atoms with E-state index in [1.165, 1.54) is 10.5 Å². The number of hydrogen-bond donors (Lipinski definition) is 1. The van der Waals surface area contributed by atoms with Crippen LogP contribution in [0.25, 0.3) is 0 Å². The Labute approximate surface area is 120 Å². The fraction of sp³-hybridized carbons (Fsp3) is 0.615. The number of nitrogens with one attached hydrogen (secondary N) is 1. The van der Waals surface area contributed by atoms with Gasteiger partial charge in [-0.25, -0.2) is 8.42 Å². The topological polar surface area (TPSA) is 71.5 Å². The quantitative estimate of drug-likeness (QED) is 0.857. The van der Waals surface area contributed by atoms with E-state index < -0.39 is 10.0 Å². The van der Waals surface area contributed by atoms with Crippen LogP contribution in [-0.2, 0) is 14.8 Å². The van der Waals surface area contributed by atoms with Crippen LogP contribution in [0.15, 0.2) is 23.4 Å². The third kappa shape index (κ3) is 3.11. The molecule has 1 unspecified atom stereocenters. The Kier molecular flexibility index (Phi) is 4.95. The third-order valence-electron chi connectivity index (χ3n) is 3.43. The second kappa shape index (κ2) is 6.51. The van der Waals surface area contributed by atoms with Crippen molar-refractivity contribution < 1.29 is 13.2 Å². The molecule has 1 aromatic rings. The average Bonchev–Trinajstić information content (AvgIpc) is 2.98. The molecule has 1 aliphatic heterocycles. The van der Waals surface area contributed by atoms with E-state index in [-0.39, 0.29) is 10.9 Å². The van der Waals surface area contributed by atoms with Crippen molar-refractivity contribution in [3.8, 4) is 0 Å². The summed E-state index contributed by atoms with van der Waals surface area (Å²) in [6.45, 7) is 3.82. The van der Waals surface area contributed by atoms with Crippen LogP contribution in [0, 0.1) is 0 Å². The van der Waals surface area contributed by atoms with E-state index in [0.717, 1.165) is 19.4 Å². The van der Waals surface area contributed by atoms with Crippen molar-refractivity contribution in [2.45, 2.75) is 30.7 Å². The molecule has 20 heavy (non-hydrogen) atoms. The number of likely N-dealkylation sites (N-methyl/N-ethyl adjacent to an activating group) is 1. The summed E-state index contributed by atoms with van der Waals surface area (Å²) in [7, 11) is -1.95. The molecule has 112 valence electrons. The van der Waals surface area contributed by atoms with Crippen LogP contribution < -0.4 is 5.32 Å². The first-order valence-electron chi connectivity index (χ1n) is 6.81. The first-order chi connectivity index (χ1) is 9.57. The molecular weight excluding hydrogens is 278 g/mol. The lowest BCUT2D eigenvalue weighted by Crippen LogP contribution is -2.37. The molecule has 7 heteroatoms. The molecule has 0 saturated carbocycles. The molecule has 1 aromatic heterocycles. The van der Waals surface area contributed by atoms with Gasteiger partial charge in [-0.3, -0.25) is 4.98 Å². The molecule has 1 atom stereocenters. The maximum atomic E-state index is 12.7. The number of sulfonamides is 1. The van der Waals surface area contributed by atoms with Gasteiger partial charge in [0.15, 0.2) is 0 Å². The van der Waals surface area contributed by atoms with Crippen LogP contribution >= 0.6 is 0 Å². The summed E-state index contributed by atoms with van der Waals surface area (Å²) in [4.78, 5) is 4.18. The van der Waals surface area contributed by atoms with Crippen LogP contribution in [-0.4, -0.2) is 50.6 Å². The number of ether oxygens (including phenoxy) is 1. The van der Waals surface area contributed by atoms with Crippen molar-refractivity contribution in [1.29, 1.82) is 0 Å². The highest BCUT2D eigenvalue weighted by Crippen LogP contribution is 2.26. The zero-order chi connectivity index (χ0) is 14.6. The van der Waals surface area contributed by atoms with Crippen molar-refractivity contribution in [1.82, 2.24) is 9.29 Å². The highest BCUT2D eigenvalue weighted by molar-refractivity contribution is 7.89. The monoisotopic (exact) mass is 299 g/mol. The number of hydrogen-bond acceptors (Lipinski definition) is 5. The Bertz CT molecular complexity index is 542. The number of nitrogens with zero attached hydrogens (tertiary/aromatic N) is 2. The highest BCUT2D eigenvalue weighted by atomic mass is 32.2. The summed E-state index contributed by atoms with van der Waals surface area (Å²) < 4.78 is 32.1. The lowest BCUT2D eigenvalue weighted by molar-refractivity contribution is 0.181. The van der Waals surface area contributed by atoms with E-state index in [1.807, 2.05) is 6.92 Å². The lowest BCUT2D eigenvalue weighted by Gasteiger charge is -2.23. The molecule has 0 radical (unpaired) electrons. The summed E-state index contributed by atoms with van der Waals surface area (Å²) in [5, 5.41) is 3.14. The van der Waals surface area contributed by atoms with Crippen molar-refractivity contribution in [2.24, 2.45) is 0 Å². The molecule has 1 N–H and O–H groups in total. The predicted octanol–water partition coefficient (Wildman–Crippen LogP) is 1.31. The smallest absolute Gasteiger partial charge is 0.246 e. The second-order valence-electron chi connectivity index (χ2n) is 4.84. The molecule has 2 rings (SSSR count). The standard InChI is InChI=1S/C13H21N3O3S/c1-3-6-15-12-4-7-14-9-13(12)20(17,18)16(2)11-5-8-19-10-11/h4,7,9,11H,3,5-6,8,10H2,1-2H3,(H,14,15). The van der Waals surface area contributed by atoms with E-state index in [0.29, 0.717) is 18.9 Å². The molecule has 0 amide bonds. The molecule has 0 spiro atoms. The van der Waals surface area contributed by atoms with Crippen LogP contribution in [0.5, 0.6) is 0 Å². The maximum absolute atomic E-state index is 12.7. The molecule has 1 fully saturated rings. The predicted molar refractivity (Wildman–Crippen MR) is 77.2 cm³/mol. The molecule has 6 nitrogen and oxygen atoms in total. The molecule has 0 aliphatic carbocycles. The lowest BCUT2D eigenvalue weighted by atomic mass is 10.3. The fourth-order valence-electron chi connectivity index (χ4n) is 2.15. The van der Waals surface area contributed by atoms with Crippen molar-refractivity contribution in [3.05, 3.63) is 18.5 Å². The van der Waals surface area contributed by atoms with Gasteiger partial charge in [0.05, 0.1) is 18.3 Å². The molecule has 0 bridgehead atoms. The minimum absolute atomic E-state index is 0.0979. The van der Waals surface area contributed by atoms with Crippen molar-refractivity contribution in [2.75, 3.05) is 32.1 Å². The minimum Gasteiger partial charge on any atom is -0.384 e. The SMILES string of the molecule is CCCNc1ccncc1S(=O)(=O)N(C)C1CCOC1. The van der Waals surface area contributed by atoms with Crippen molar-refractivity contribution >= 4 is 15.7 Å². The zero-order valence-electron chi connectivity index (χ0n) is 11.9. The van der Waals surface area contributed by atoms with Gasteiger partial charge in [0.1, 0.15) is 4.90 Å². The van der Waals surface area contributed by atoms with Crippen LogP contribution in [0.3, 0.4) is 0 Å². The van der Waals surface area contributed by atoms with Gasteiger partial charge < -0.3 is 10.1 Å². The maximum Gasteiger partial charge on any atom is 0.246 e. The summed E-state index contributed by atoms with van der Waals surface area (Å²) in [6.07, 6.45) is 4.65. The minimum atomic E-state index is -3.56. The summed E-state index contributed by atoms with van der Waals surface area (Å²) in [6, 6.07) is 1.60. The first kappa shape index (κ1) is 15.2. The van der Waals surface area contributed by atoms with Gasteiger partial charge in [0, 0.05) is 32.6 Å². The van der Waals surface area contributed by atoms with Crippen LogP contribution in [0.1, 0.15) is 19.8 Å². The molecule has 0 aromatic carbocycles. The zero-order valence-corrected chi connectivity index (χ0v) is 12.7. The largest absolute Gasteiger partial charge is 0.384 e. The number of anilines is 1. The van der Waals surface area contributed by atoms with Crippen LogP contribution in [0.2, 0.25) is 0 Å². The molecule has 1 saturated heterocycles. The summed E-state index contributed by atoms with van der Waals surface area (Å²) >= 11 is 0. The van der Waals surface area contributed by atoms with E-state index in [2.05, 4.69) is 10.3 Å². The first-order valence-corrected chi connectivity index (χ1v) is 8.25. The Morgan fingerprint density at radius 3 is 3.00 bits per heavy atom. The molecule has 1 aliphatic rings. The van der Waals surface area contributed by atoms with Crippen LogP contribution in [0.4, 0.5) is 5.69 Å². The van der Waals surface area contributed by atoms with E-state index in [1.54, 1.807) is 19.3 Å². The number of pyridine rings is 1. The Hall–Kier alpha value is -1.18. The second-order valence-corrected chi connectivity index (χ2v) is 6.80. The van der Waals surface area contributed by atoms with Gasteiger partial charge >= 0.3 is 0 Å². The highest BCUT2D eigenvalue weighted by Gasteiger charge is 2.32. The fourth-order valence-corrected chi connectivity index (χ4v) is 3.63. The normalized spacial score (nSPS) is 19.4. The summed E-state index contributed by atoms with van der Waals surface area (Å²) in [5.41, 5.74) is 0.604. The van der Waals surface area contributed by atoms with Crippen molar-refractivity contribution in [3.63, 3.8) is 0 Å². The Balaban J connectivity index is 2.28. The molecular formula is C13H21N3O3S. The number of rotatable bonds is 6. The van der Waals surface area contributed by atoms with Gasteiger partial charge in [-0.1, -0.05) is 6.92 Å². The van der Waals surface area contributed by atoms with Gasteiger partial charge in [-0.05, 0) is 18.9 Å². The van der Waals surface area contributed by atoms with Gasteiger partial charge in [-0.2, -0.15) is 4.31 Å². The van der Waals surface area contributed by atoms with E-state index in [4.69, 9.17) is 4.74 Å².